The van der Waals surface area contributed by atoms with Crippen LogP contribution in [0.1, 0.15) is 50.1 Å². The lowest BCUT2D eigenvalue weighted by Gasteiger charge is -2.23. The molecule has 1 saturated carbocycles. The Morgan fingerprint density at radius 1 is 1.42 bits per heavy atom. The molecule has 4 heteroatoms. The van der Waals surface area contributed by atoms with Gasteiger partial charge in [-0.05, 0) is 39.0 Å². The van der Waals surface area contributed by atoms with Crippen molar-refractivity contribution in [3.05, 3.63) is 17.0 Å². The fourth-order valence-electron chi connectivity index (χ4n) is 2.30. The minimum Gasteiger partial charge on any atom is -0.361 e. The summed E-state index contributed by atoms with van der Waals surface area (Å²) in [5.74, 6) is 1.62. The van der Waals surface area contributed by atoms with E-state index in [4.69, 9.17) is 4.52 Å². The van der Waals surface area contributed by atoms with Gasteiger partial charge in [-0.25, -0.2) is 0 Å². The summed E-state index contributed by atoms with van der Waals surface area (Å²) in [5, 5.41) is 3.92. The van der Waals surface area contributed by atoms with Gasteiger partial charge in [-0.15, -0.1) is 0 Å². The van der Waals surface area contributed by atoms with Gasteiger partial charge in [0.25, 0.3) is 0 Å². The topological polar surface area (TPSA) is 46.3 Å². The smallest absolute Gasteiger partial charge is 0.227 e. The molecule has 0 saturated heterocycles. The van der Waals surface area contributed by atoms with Gasteiger partial charge in [0.2, 0.25) is 5.91 Å². The standard InChI is InChI=1S/C15H24N2O2/c1-10(2)7-8-17(13-5-6-13)15(18)9-14-11(3)16-19-12(14)4/h10,13H,5-9H2,1-4H3. The number of rotatable bonds is 6. The minimum absolute atomic E-state index is 0.220. The lowest BCUT2D eigenvalue weighted by Crippen LogP contribution is -2.35. The van der Waals surface area contributed by atoms with Gasteiger partial charge in [-0.2, -0.15) is 0 Å². The highest BCUT2D eigenvalue weighted by Gasteiger charge is 2.32. The molecule has 4 nitrogen and oxygen atoms in total. The average molecular weight is 264 g/mol. The van der Waals surface area contributed by atoms with Crippen molar-refractivity contribution in [1.29, 1.82) is 0 Å². The largest absolute Gasteiger partial charge is 0.361 e. The maximum atomic E-state index is 12.5. The molecule has 1 aliphatic carbocycles. The van der Waals surface area contributed by atoms with Crippen molar-refractivity contribution in [2.75, 3.05) is 6.54 Å². The molecule has 0 aromatic carbocycles. The van der Waals surface area contributed by atoms with Crippen LogP contribution in [0.15, 0.2) is 4.52 Å². The van der Waals surface area contributed by atoms with E-state index >= 15 is 0 Å². The van der Waals surface area contributed by atoms with Crippen LogP contribution in [0.5, 0.6) is 0 Å². The molecule has 0 atom stereocenters. The summed E-state index contributed by atoms with van der Waals surface area (Å²) >= 11 is 0. The Morgan fingerprint density at radius 2 is 2.11 bits per heavy atom. The third kappa shape index (κ3) is 3.58. The lowest BCUT2D eigenvalue weighted by atomic mass is 10.1. The molecule has 0 radical (unpaired) electrons. The minimum atomic E-state index is 0.220. The van der Waals surface area contributed by atoms with Crippen molar-refractivity contribution >= 4 is 5.91 Å². The van der Waals surface area contributed by atoms with Crippen molar-refractivity contribution in [2.45, 2.75) is 59.4 Å². The summed E-state index contributed by atoms with van der Waals surface area (Å²) < 4.78 is 5.13. The van der Waals surface area contributed by atoms with Gasteiger partial charge in [0.15, 0.2) is 0 Å². The van der Waals surface area contributed by atoms with Gasteiger partial charge in [0.1, 0.15) is 5.76 Å². The van der Waals surface area contributed by atoms with Crippen molar-refractivity contribution in [3.8, 4) is 0 Å². The highest BCUT2D eigenvalue weighted by molar-refractivity contribution is 5.79. The number of aryl methyl sites for hydroxylation is 2. The van der Waals surface area contributed by atoms with Crippen LogP contribution in [0.4, 0.5) is 0 Å². The molecule has 1 aliphatic rings. The van der Waals surface area contributed by atoms with Crippen LogP contribution in [0.25, 0.3) is 0 Å². The predicted molar refractivity (Wildman–Crippen MR) is 73.9 cm³/mol. The van der Waals surface area contributed by atoms with Crippen molar-refractivity contribution in [1.82, 2.24) is 10.1 Å². The first-order valence-electron chi connectivity index (χ1n) is 7.20. The number of carbonyl (C=O) groups excluding carboxylic acids is 1. The molecule has 0 bridgehead atoms. The Balaban J connectivity index is 1.99. The monoisotopic (exact) mass is 264 g/mol. The Morgan fingerprint density at radius 3 is 2.58 bits per heavy atom. The molecular formula is C15H24N2O2. The molecule has 1 heterocycles. The summed E-state index contributed by atoms with van der Waals surface area (Å²) in [6, 6.07) is 0.478. The SMILES string of the molecule is Cc1noc(C)c1CC(=O)N(CCC(C)C)C1CC1. The highest BCUT2D eigenvalue weighted by atomic mass is 16.5. The number of hydrogen-bond acceptors (Lipinski definition) is 3. The number of hydrogen-bond donors (Lipinski definition) is 0. The zero-order chi connectivity index (χ0) is 14.0. The van der Waals surface area contributed by atoms with Gasteiger partial charge < -0.3 is 9.42 Å². The summed E-state index contributed by atoms with van der Waals surface area (Å²) in [7, 11) is 0. The summed E-state index contributed by atoms with van der Waals surface area (Å²) in [4.78, 5) is 14.5. The molecule has 106 valence electrons. The Labute approximate surface area is 115 Å². The number of carbonyl (C=O) groups is 1. The van der Waals surface area contributed by atoms with E-state index in [-0.39, 0.29) is 5.91 Å². The second-order valence-electron chi connectivity index (χ2n) is 5.98. The van der Waals surface area contributed by atoms with E-state index in [1.807, 2.05) is 13.8 Å². The number of amides is 1. The van der Waals surface area contributed by atoms with E-state index in [2.05, 4.69) is 23.9 Å². The average Bonchev–Trinajstić information content (AvgIpc) is 3.12. The first-order valence-corrected chi connectivity index (χ1v) is 7.20. The van der Waals surface area contributed by atoms with Gasteiger partial charge in [0, 0.05) is 18.2 Å². The van der Waals surface area contributed by atoms with Gasteiger partial charge in [-0.3, -0.25) is 4.79 Å². The molecule has 1 aromatic heterocycles. The molecule has 2 rings (SSSR count). The maximum absolute atomic E-state index is 12.5. The fraction of sp³-hybridized carbons (Fsp3) is 0.733. The van der Waals surface area contributed by atoms with E-state index in [0.717, 1.165) is 42.8 Å². The van der Waals surface area contributed by atoms with Crippen LogP contribution in [0, 0.1) is 19.8 Å². The van der Waals surface area contributed by atoms with Crippen molar-refractivity contribution in [3.63, 3.8) is 0 Å². The van der Waals surface area contributed by atoms with Gasteiger partial charge >= 0.3 is 0 Å². The molecule has 0 unspecified atom stereocenters. The molecule has 0 spiro atoms. The lowest BCUT2D eigenvalue weighted by molar-refractivity contribution is -0.131. The van der Waals surface area contributed by atoms with Crippen LogP contribution in [-0.4, -0.2) is 28.6 Å². The van der Waals surface area contributed by atoms with Crippen LogP contribution in [0.2, 0.25) is 0 Å². The third-order valence-corrected chi connectivity index (χ3v) is 3.76. The second-order valence-corrected chi connectivity index (χ2v) is 5.98. The second kappa shape index (κ2) is 5.76. The summed E-state index contributed by atoms with van der Waals surface area (Å²) in [6.07, 6.45) is 3.82. The van der Waals surface area contributed by atoms with Crippen LogP contribution >= 0.6 is 0 Å². The van der Waals surface area contributed by atoms with Gasteiger partial charge in [0.05, 0.1) is 12.1 Å². The van der Waals surface area contributed by atoms with E-state index in [9.17, 15) is 4.79 Å². The molecule has 0 aliphatic heterocycles. The maximum Gasteiger partial charge on any atom is 0.227 e. The normalized spacial score (nSPS) is 15.0. The highest BCUT2D eigenvalue weighted by Crippen LogP contribution is 2.28. The van der Waals surface area contributed by atoms with Crippen LogP contribution in [-0.2, 0) is 11.2 Å². The molecule has 19 heavy (non-hydrogen) atoms. The zero-order valence-electron chi connectivity index (χ0n) is 12.4. The summed E-state index contributed by atoms with van der Waals surface area (Å²) in [5.41, 5.74) is 1.80. The Bertz CT molecular complexity index is 427. The molecule has 1 fully saturated rings. The summed E-state index contributed by atoms with van der Waals surface area (Å²) in [6.45, 7) is 9.05. The van der Waals surface area contributed by atoms with Crippen LogP contribution in [0.3, 0.4) is 0 Å². The molecular weight excluding hydrogens is 240 g/mol. The van der Waals surface area contributed by atoms with Crippen molar-refractivity contribution in [2.24, 2.45) is 5.92 Å². The first kappa shape index (κ1) is 14.1. The Hall–Kier alpha value is -1.32. The fourth-order valence-corrected chi connectivity index (χ4v) is 2.30. The van der Waals surface area contributed by atoms with E-state index in [1.165, 1.54) is 0 Å². The van der Waals surface area contributed by atoms with E-state index < -0.39 is 0 Å². The third-order valence-electron chi connectivity index (χ3n) is 3.76. The van der Waals surface area contributed by atoms with Crippen molar-refractivity contribution < 1.29 is 9.32 Å². The molecule has 0 N–H and O–H groups in total. The first-order chi connectivity index (χ1) is 8.99. The zero-order valence-corrected chi connectivity index (χ0v) is 12.4. The molecule has 1 aromatic rings. The van der Waals surface area contributed by atoms with E-state index in [0.29, 0.717) is 18.4 Å². The van der Waals surface area contributed by atoms with Gasteiger partial charge in [-0.1, -0.05) is 19.0 Å². The number of aromatic nitrogens is 1. The van der Waals surface area contributed by atoms with E-state index in [1.54, 1.807) is 0 Å². The van der Waals surface area contributed by atoms with Crippen LogP contribution < -0.4 is 0 Å². The quantitative estimate of drug-likeness (QED) is 0.793. The Kier molecular flexibility index (Phi) is 4.27. The molecule has 1 amide bonds. The predicted octanol–water partition coefficient (Wildman–Crippen LogP) is 2.87. The number of nitrogens with zero attached hydrogens (tertiary/aromatic N) is 2.